The Morgan fingerprint density at radius 1 is 1.19 bits per heavy atom. The van der Waals surface area contributed by atoms with Gasteiger partial charge in [-0.15, -0.1) is 0 Å². The first-order valence-corrected chi connectivity index (χ1v) is 10.0. The smallest absolute Gasteiger partial charge is 0.274 e. The van der Waals surface area contributed by atoms with Crippen LogP contribution in [0.3, 0.4) is 0 Å². The highest BCUT2D eigenvalue weighted by molar-refractivity contribution is 6.35. The maximum atomic E-state index is 13.1. The van der Waals surface area contributed by atoms with Gasteiger partial charge in [0.25, 0.3) is 5.91 Å². The first kappa shape index (κ1) is 19.5. The Labute approximate surface area is 169 Å². The lowest BCUT2D eigenvalue weighted by molar-refractivity contribution is 0.0512. The molecule has 0 bridgehead atoms. The summed E-state index contributed by atoms with van der Waals surface area (Å²) < 4.78 is 0. The van der Waals surface area contributed by atoms with Crippen molar-refractivity contribution in [3.8, 4) is 0 Å². The molecule has 0 radical (unpaired) electrons. The number of halogens is 3. The molecule has 1 aromatic heterocycles. The van der Waals surface area contributed by atoms with Crippen LogP contribution in [0.25, 0.3) is 0 Å². The molecule has 1 heterocycles. The Kier molecular flexibility index (Phi) is 6.44. The van der Waals surface area contributed by atoms with E-state index in [1.807, 2.05) is 17.0 Å². The van der Waals surface area contributed by atoms with Crippen LogP contribution >= 0.6 is 34.8 Å². The molecule has 2 aromatic rings. The van der Waals surface area contributed by atoms with Crippen LogP contribution in [0.2, 0.25) is 15.1 Å². The third kappa shape index (κ3) is 4.00. The van der Waals surface area contributed by atoms with Crippen molar-refractivity contribution in [2.45, 2.75) is 44.6 Å². The van der Waals surface area contributed by atoms with Crippen molar-refractivity contribution >= 4 is 40.7 Å². The van der Waals surface area contributed by atoms with E-state index in [0.29, 0.717) is 27.3 Å². The molecular weight excluding hydrogens is 391 g/mol. The van der Waals surface area contributed by atoms with Crippen LogP contribution in [0.15, 0.2) is 36.5 Å². The molecule has 1 saturated carbocycles. The van der Waals surface area contributed by atoms with Crippen LogP contribution in [0.4, 0.5) is 0 Å². The van der Waals surface area contributed by atoms with E-state index >= 15 is 0 Å². The number of pyridine rings is 1. The summed E-state index contributed by atoms with van der Waals surface area (Å²) in [6, 6.07) is 9.12. The number of nitrogens with zero attached hydrogens (tertiary/aromatic N) is 2. The molecule has 2 unspecified atom stereocenters. The minimum atomic E-state index is -0.108. The van der Waals surface area contributed by atoms with Gasteiger partial charge in [0.1, 0.15) is 5.69 Å². The summed E-state index contributed by atoms with van der Waals surface area (Å²) in [5.41, 5.74) is 1.37. The molecule has 1 aromatic carbocycles. The Bertz CT molecular complexity index is 796. The Morgan fingerprint density at radius 2 is 2.00 bits per heavy atom. The van der Waals surface area contributed by atoms with Crippen molar-refractivity contribution in [3.63, 3.8) is 0 Å². The predicted octanol–water partition coefficient (Wildman–Crippen LogP) is 6.23. The van der Waals surface area contributed by atoms with E-state index in [4.69, 9.17) is 34.8 Å². The summed E-state index contributed by atoms with van der Waals surface area (Å²) in [5, 5.41) is 1.67. The highest BCUT2D eigenvalue weighted by Crippen LogP contribution is 2.44. The molecule has 138 valence electrons. The number of rotatable bonds is 6. The number of aromatic nitrogens is 1. The van der Waals surface area contributed by atoms with Gasteiger partial charge in [-0.05, 0) is 49.1 Å². The van der Waals surface area contributed by atoms with Gasteiger partial charge in [0, 0.05) is 34.7 Å². The van der Waals surface area contributed by atoms with Gasteiger partial charge in [0.15, 0.2) is 0 Å². The lowest BCUT2D eigenvalue weighted by atomic mass is 9.74. The first-order valence-electron chi connectivity index (χ1n) is 8.89. The fourth-order valence-electron chi connectivity index (χ4n) is 3.45. The number of carbonyl (C=O) groups is 1. The molecule has 0 N–H and O–H groups in total. The van der Waals surface area contributed by atoms with Crippen molar-refractivity contribution in [2.24, 2.45) is 0 Å². The Hall–Kier alpha value is -1.29. The van der Waals surface area contributed by atoms with Crippen LogP contribution in [0.5, 0.6) is 0 Å². The number of hydrogen-bond acceptors (Lipinski definition) is 2. The van der Waals surface area contributed by atoms with Crippen molar-refractivity contribution in [3.05, 3.63) is 62.9 Å². The van der Waals surface area contributed by atoms with E-state index in [9.17, 15) is 4.79 Å². The predicted molar refractivity (Wildman–Crippen MR) is 107 cm³/mol. The van der Waals surface area contributed by atoms with Crippen LogP contribution in [0, 0.1) is 0 Å². The number of amides is 1. The molecule has 0 spiro atoms. The molecule has 2 atom stereocenters. The van der Waals surface area contributed by atoms with Crippen LogP contribution in [-0.4, -0.2) is 28.4 Å². The molecular formula is C20H21Cl3N2O. The Balaban J connectivity index is 1.88. The fourth-order valence-corrected chi connectivity index (χ4v) is 4.20. The second-order valence-electron chi connectivity index (χ2n) is 6.60. The highest BCUT2D eigenvalue weighted by Gasteiger charge is 2.40. The quantitative estimate of drug-likeness (QED) is 0.564. The maximum Gasteiger partial charge on any atom is 0.274 e. The number of benzene rings is 1. The van der Waals surface area contributed by atoms with Gasteiger partial charge >= 0.3 is 0 Å². The number of hydrogen-bond donors (Lipinski definition) is 0. The SMILES string of the molecule is CCCCN(C(=O)c1ncccc1Cl)C1CCC1c1ccc(Cl)cc1Cl. The summed E-state index contributed by atoms with van der Waals surface area (Å²) in [4.78, 5) is 19.3. The van der Waals surface area contributed by atoms with Crippen LogP contribution < -0.4 is 0 Å². The number of carbonyl (C=O) groups excluding carboxylic acids is 1. The van der Waals surface area contributed by atoms with Crippen molar-refractivity contribution in [1.82, 2.24) is 9.88 Å². The van der Waals surface area contributed by atoms with Gasteiger partial charge in [-0.3, -0.25) is 4.79 Å². The van der Waals surface area contributed by atoms with E-state index in [-0.39, 0.29) is 17.9 Å². The molecule has 1 amide bonds. The molecule has 1 fully saturated rings. The second-order valence-corrected chi connectivity index (χ2v) is 7.85. The minimum Gasteiger partial charge on any atom is -0.334 e. The second kappa shape index (κ2) is 8.60. The highest BCUT2D eigenvalue weighted by atomic mass is 35.5. The first-order chi connectivity index (χ1) is 12.5. The normalized spacial score (nSPS) is 19.1. The van der Waals surface area contributed by atoms with Crippen LogP contribution in [-0.2, 0) is 0 Å². The summed E-state index contributed by atoms with van der Waals surface area (Å²) >= 11 is 18.7. The monoisotopic (exact) mass is 410 g/mol. The van der Waals surface area contributed by atoms with Gasteiger partial charge in [-0.2, -0.15) is 0 Å². The van der Waals surface area contributed by atoms with Crippen molar-refractivity contribution in [2.75, 3.05) is 6.54 Å². The van der Waals surface area contributed by atoms with Crippen molar-refractivity contribution in [1.29, 1.82) is 0 Å². The maximum absolute atomic E-state index is 13.1. The third-order valence-corrected chi connectivity index (χ3v) is 5.84. The molecule has 6 heteroatoms. The average molecular weight is 412 g/mol. The molecule has 0 saturated heterocycles. The van der Waals surface area contributed by atoms with Gasteiger partial charge in [0.2, 0.25) is 0 Å². The minimum absolute atomic E-state index is 0.103. The van der Waals surface area contributed by atoms with Crippen LogP contribution in [0.1, 0.15) is 54.6 Å². The molecule has 3 rings (SSSR count). The molecule has 26 heavy (non-hydrogen) atoms. The van der Waals surface area contributed by atoms with E-state index in [1.54, 1.807) is 24.4 Å². The van der Waals surface area contributed by atoms with Crippen molar-refractivity contribution < 1.29 is 4.79 Å². The zero-order valence-electron chi connectivity index (χ0n) is 14.6. The molecule has 1 aliphatic rings. The third-order valence-electron chi connectivity index (χ3n) is 4.97. The summed E-state index contributed by atoms with van der Waals surface area (Å²) in [6.07, 6.45) is 5.50. The van der Waals surface area contributed by atoms with E-state index in [2.05, 4.69) is 11.9 Å². The van der Waals surface area contributed by atoms with Gasteiger partial charge in [0.05, 0.1) is 5.02 Å². The standard InChI is InChI=1S/C20H21Cl3N2O/c1-2-3-11-25(20(26)19-16(22)5-4-10-24-19)18-9-8-15(18)14-7-6-13(21)12-17(14)23/h4-7,10,12,15,18H,2-3,8-9,11H2,1H3. The van der Waals surface area contributed by atoms with Gasteiger partial charge in [-0.1, -0.05) is 54.2 Å². The Morgan fingerprint density at radius 3 is 2.62 bits per heavy atom. The van der Waals surface area contributed by atoms with E-state index < -0.39 is 0 Å². The summed E-state index contributed by atoms with van der Waals surface area (Å²) in [5.74, 6) is 0.104. The topological polar surface area (TPSA) is 33.2 Å². The lowest BCUT2D eigenvalue weighted by Gasteiger charge is -2.45. The summed E-state index contributed by atoms with van der Waals surface area (Å²) in [6.45, 7) is 2.80. The van der Waals surface area contributed by atoms with Gasteiger partial charge in [-0.25, -0.2) is 4.98 Å². The molecule has 1 aliphatic carbocycles. The van der Waals surface area contributed by atoms with E-state index in [1.165, 1.54) is 0 Å². The lowest BCUT2D eigenvalue weighted by Crippen LogP contribution is -2.49. The van der Waals surface area contributed by atoms with E-state index in [0.717, 1.165) is 31.2 Å². The summed E-state index contributed by atoms with van der Waals surface area (Å²) in [7, 11) is 0. The zero-order valence-corrected chi connectivity index (χ0v) is 16.9. The zero-order chi connectivity index (χ0) is 18.7. The average Bonchev–Trinajstić information content (AvgIpc) is 2.59. The fraction of sp³-hybridized carbons (Fsp3) is 0.400. The largest absolute Gasteiger partial charge is 0.334 e. The van der Waals surface area contributed by atoms with Gasteiger partial charge < -0.3 is 4.90 Å². The molecule has 0 aliphatic heterocycles. The molecule has 3 nitrogen and oxygen atoms in total. The number of unbranched alkanes of at least 4 members (excludes halogenated alkanes) is 1.